The molecule has 0 fully saturated rings. The molecule has 2 aromatic carbocycles. The Morgan fingerprint density at radius 2 is 1.69 bits per heavy atom. The summed E-state index contributed by atoms with van der Waals surface area (Å²) in [5.74, 6) is -0.138. The van der Waals surface area contributed by atoms with Gasteiger partial charge in [0.25, 0.3) is 0 Å². The summed E-state index contributed by atoms with van der Waals surface area (Å²) in [6.07, 6.45) is -0.561. The molecule has 2 N–H and O–H groups in total. The van der Waals surface area contributed by atoms with E-state index in [4.69, 9.17) is 10.2 Å². The van der Waals surface area contributed by atoms with Crippen LogP contribution in [0.25, 0.3) is 10.8 Å². The predicted octanol–water partition coefficient (Wildman–Crippen LogP) is 2.33. The van der Waals surface area contributed by atoms with Gasteiger partial charge >= 0.3 is 0 Å². The van der Waals surface area contributed by atoms with Crippen LogP contribution in [0.1, 0.15) is 12.5 Å². The molecule has 0 spiro atoms. The van der Waals surface area contributed by atoms with Gasteiger partial charge in [-0.05, 0) is 22.8 Å². The summed E-state index contributed by atoms with van der Waals surface area (Å²) in [5, 5.41) is 20.5. The summed E-state index contributed by atoms with van der Waals surface area (Å²) in [6.45, 7) is 1.83. The molecule has 0 amide bonds. The fourth-order valence-electron chi connectivity index (χ4n) is 1.84. The molecule has 0 saturated heterocycles. The van der Waals surface area contributed by atoms with Gasteiger partial charge in [0, 0.05) is 5.92 Å². The minimum atomic E-state index is -1.24. The normalized spacial score (nSPS) is 13.2. The summed E-state index contributed by atoms with van der Waals surface area (Å²) in [5.41, 5.74) is 1.14. The summed E-state index contributed by atoms with van der Waals surface area (Å²) in [6, 6.07) is 14.4. The molecule has 2 aromatic rings. The molecule has 0 saturated carbocycles. The molecule has 0 aliphatic rings. The Morgan fingerprint density at radius 1 is 1.00 bits per heavy atom. The van der Waals surface area contributed by atoms with Crippen molar-refractivity contribution < 1.29 is 10.2 Å². The molecule has 16 heavy (non-hydrogen) atoms. The summed E-state index contributed by atoms with van der Waals surface area (Å²) < 4.78 is 0. The first kappa shape index (κ1) is 11.1. The van der Waals surface area contributed by atoms with Gasteiger partial charge in [-0.25, -0.2) is 0 Å². The highest BCUT2D eigenvalue weighted by Crippen LogP contribution is 2.18. The molecular formula is C14H16O2. The van der Waals surface area contributed by atoms with Crippen LogP contribution in [-0.4, -0.2) is 16.5 Å². The Morgan fingerprint density at radius 3 is 2.38 bits per heavy atom. The zero-order valence-electron chi connectivity index (χ0n) is 9.30. The highest BCUT2D eigenvalue weighted by molar-refractivity contribution is 5.82. The van der Waals surface area contributed by atoms with Crippen LogP contribution >= 0.6 is 0 Å². The smallest absolute Gasteiger partial charge is 0.154 e. The predicted molar refractivity (Wildman–Crippen MR) is 65.0 cm³/mol. The van der Waals surface area contributed by atoms with Gasteiger partial charge in [-0.1, -0.05) is 49.4 Å². The highest BCUT2D eigenvalue weighted by atomic mass is 16.5. The zero-order chi connectivity index (χ0) is 11.5. The molecule has 0 radical (unpaired) electrons. The SMILES string of the molecule is CC(Cc1ccc2ccccc2c1)C(O)O. The maximum absolute atomic E-state index is 9.05. The molecule has 84 valence electrons. The second-order valence-corrected chi connectivity index (χ2v) is 4.28. The van der Waals surface area contributed by atoms with Crippen LogP contribution < -0.4 is 0 Å². The molecule has 0 aliphatic heterocycles. The Bertz CT molecular complexity index is 477. The van der Waals surface area contributed by atoms with Gasteiger partial charge in [-0.2, -0.15) is 0 Å². The van der Waals surface area contributed by atoms with Gasteiger partial charge < -0.3 is 10.2 Å². The van der Waals surface area contributed by atoms with E-state index in [2.05, 4.69) is 24.3 Å². The number of benzene rings is 2. The van der Waals surface area contributed by atoms with E-state index in [1.54, 1.807) is 0 Å². The van der Waals surface area contributed by atoms with Crippen LogP contribution in [0.3, 0.4) is 0 Å². The van der Waals surface area contributed by atoms with E-state index in [-0.39, 0.29) is 5.92 Å². The van der Waals surface area contributed by atoms with Crippen molar-refractivity contribution in [2.45, 2.75) is 19.6 Å². The van der Waals surface area contributed by atoms with Crippen LogP contribution in [0.5, 0.6) is 0 Å². The first-order chi connectivity index (χ1) is 7.66. The summed E-state index contributed by atoms with van der Waals surface area (Å²) >= 11 is 0. The average Bonchev–Trinajstić information content (AvgIpc) is 2.28. The Kier molecular flexibility index (Phi) is 3.22. The van der Waals surface area contributed by atoms with Crippen molar-refractivity contribution in [2.24, 2.45) is 5.92 Å². The first-order valence-electron chi connectivity index (χ1n) is 5.50. The van der Waals surface area contributed by atoms with Crippen molar-refractivity contribution in [3.63, 3.8) is 0 Å². The van der Waals surface area contributed by atoms with Gasteiger partial charge in [0.05, 0.1) is 0 Å². The number of fused-ring (bicyclic) bond motifs is 1. The number of hydrogen-bond donors (Lipinski definition) is 2. The van der Waals surface area contributed by atoms with E-state index in [1.165, 1.54) is 10.8 Å². The van der Waals surface area contributed by atoms with Gasteiger partial charge in [-0.15, -0.1) is 0 Å². The minimum absolute atomic E-state index is 0.138. The van der Waals surface area contributed by atoms with Crippen LogP contribution in [0.15, 0.2) is 42.5 Å². The lowest BCUT2D eigenvalue weighted by Gasteiger charge is -2.13. The van der Waals surface area contributed by atoms with Crippen LogP contribution in [0, 0.1) is 5.92 Å². The number of rotatable bonds is 3. The van der Waals surface area contributed by atoms with Crippen LogP contribution in [0.4, 0.5) is 0 Å². The third-order valence-corrected chi connectivity index (χ3v) is 2.88. The first-order valence-corrected chi connectivity index (χ1v) is 5.50. The van der Waals surface area contributed by atoms with Gasteiger partial charge in [0.1, 0.15) is 0 Å². The third-order valence-electron chi connectivity index (χ3n) is 2.88. The van der Waals surface area contributed by atoms with Crippen molar-refractivity contribution in [2.75, 3.05) is 0 Å². The van der Waals surface area contributed by atoms with E-state index >= 15 is 0 Å². The lowest BCUT2D eigenvalue weighted by molar-refractivity contribution is -0.0780. The standard InChI is InChI=1S/C14H16O2/c1-10(14(15)16)8-11-6-7-12-4-2-3-5-13(12)9-11/h2-7,9-10,14-16H,8H2,1H3. The fraction of sp³-hybridized carbons (Fsp3) is 0.286. The molecule has 2 heteroatoms. The zero-order valence-corrected chi connectivity index (χ0v) is 9.30. The number of aliphatic hydroxyl groups excluding tert-OH is 1. The van der Waals surface area contributed by atoms with E-state index in [1.807, 2.05) is 25.1 Å². The maximum atomic E-state index is 9.05. The van der Waals surface area contributed by atoms with Crippen molar-refractivity contribution in [3.05, 3.63) is 48.0 Å². The average molecular weight is 216 g/mol. The third kappa shape index (κ3) is 2.40. The largest absolute Gasteiger partial charge is 0.368 e. The molecule has 0 heterocycles. The topological polar surface area (TPSA) is 40.5 Å². The van der Waals surface area contributed by atoms with Crippen molar-refractivity contribution >= 4 is 10.8 Å². The van der Waals surface area contributed by atoms with Crippen LogP contribution in [0.2, 0.25) is 0 Å². The maximum Gasteiger partial charge on any atom is 0.154 e. The number of aliphatic hydroxyl groups is 2. The van der Waals surface area contributed by atoms with Crippen molar-refractivity contribution in [1.29, 1.82) is 0 Å². The molecule has 1 atom stereocenters. The Hall–Kier alpha value is -1.38. The highest BCUT2D eigenvalue weighted by Gasteiger charge is 2.11. The van der Waals surface area contributed by atoms with Gasteiger partial charge in [0.2, 0.25) is 0 Å². The van der Waals surface area contributed by atoms with Crippen molar-refractivity contribution in [3.8, 4) is 0 Å². The lowest BCUT2D eigenvalue weighted by atomic mass is 9.98. The lowest BCUT2D eigenvalue weighted by Crippen LogP contribution is -2.18. The molecule has 1 unspecified atom stereocenters. The molecule has 2 nitrogen and oxygen atoms in total. The van der Waals surface area contributed by atoms with Crippen LogP contribution in [-0.2, 0) is 6.42 Å². The van der Waals surface area contributed by atoms with Gasteiger partial charge in [-0.3, -0.25) is 0 Å². The molecule has 0 bridgehead atoms. The summed E-state index contributed by atoms with van der Waals surface area (Å²) in [7, 11) is 0. The van der Waals surface area contributed by atoms with E-state index < -0.39 is 6.29 Å². The second-order valence-electron chi connectivity index (χ2n) is 4.28. The molecular weight excluding hydrogens is 200 g/mol. The minimum Gasteiger partial charge on any atom is -0.368 e. The Labute approximate surface area is 95.2 Å². The van der Waals surface area contributed by atoms with E-state index in [0.29, 0.717) is 6.42 Å². The fourth-order valence-corrected chi connectivity index (χ4v) is 1.84. The van der Waals surface area contributed by atoms with Crippen molar-refractivity contribution in [1.82, 2.24) is 0 Å². The van der Waals surface area contributed by atoms with E-state index in [0.717, 1.165) is 5.56 Å². The van der Waals surface area contributed by atoms with Gasteiger partial charge in [0.15, 0.2) is 6.29 Å². The number of hydrogen-bond acceptors (Lipinski definition) is 2. The molecule has 0 aromatic heterocycles. The molecule has 0 aliphatic carbocycles. The second kappa shape index (κ2) is 4.64. The summed E-state index contributed by atoms with van der Waals surface area (Å²) in [4.78, 5) is 0. The van der Waals surface area contributed by atoms with E-state index in [9.17, 15) is 0 Å². The monoisotopic (exact) mass is 216 g/mol. The Balaban J connectivity index is 2.26. The molecule has 2 rings (SSSR count). The quantitative estimate of drug-likeness (QED) is 0.773.